The van der Waals surface area contributed by atoms with E-state index < -0.39 is 17.8 Å². The number of carbonyl (C=O) groups is 3. The summed E-state index contributed by atoms with van der Waals surface area (Å²) in [5, 5.41) is 2.33. The summed E-state index contributed by atoms with van der Waals surface area (Å²) in [5.74, 6) is 2.03. The maximum atomic E-state index is 13.6. The van der Waals surface area contributed by atoms with Gasteiger partial charge in [-0.05, 0) is 110 Å². The largest absolute Gasteiger partial charge is 0.490 e. The summed E-state index contributed by atoms with van der Waals surface area (Å²) in [4.78, 5) is 40.3. The first-order chi connectivity index (χ1) is 19.3. The Labute approximate surface area is 242 Å². The quantitative estimate of drug-likeness (QED) is 0.210. The standard InChI is InChI=1S/C32H33BrN2O5/c1-3-9-40-28-15-26(33)22(14-27(28)39-4-2)13-25-29(36)34-31(38)35(30(25)37)24-7-5-23(6-8-24)32-16-19-10-20(17-32)12-21(11-19)18-32/h3,5-8,13-15,19-21H,1,4,9-12,16-18H2,2H3,(H,34,36,38)/b25-13+. The Morgan fingerprint density at radius 2 is 1.62 bits per heavy atom. The number of ether oxygens (including phenoxy) is 2. The highest BCUT2D eigenvalue weighted by atomic mass is 79.9. The number of hydrogen-bond acceptors (Lipinski definition) is 5. The lowest BCUT2D eigenvalue weighted by molar-refractivity contribution is -0.122. The third-order valence-electron chi connectivity index (χ3n) is 8.90. The van der Waals surface area contributed by atoms with E-state index in [4.69, 9.17) is 9.47 Å². The van der Waals surface area contributed by atoms with Gasteiger partial charge < -0.3 is 9.47 Å². The highest BCUT2D eigenvalue weighted by molar-refractivity contribution is 9.10. The molecule has 0 radical (unpaired) electrons. The normalized spacial score (nSPS) is 28.1. The van der Waals surface area contributed by atoms with E-state index in [2.05, 4.69) is 40.0 Å². The number of benzene rings is 2. The van der Waals surface area contributed by atoms with Gasteiger partial charge in [-0.1, -0.05) is 40.7 Å². The van der Waals surface area contributed by atoms with Crippen LogP contribution in [0.25, 0.3) is 6.08 Å². The third kappa shape index (κ3) is 4.76. The fraction of sp³-hybridized carbons (Fsp3) is 0.406. The monoisotopic (exact) mass is 604 g/mol. The molecule has 1 heterocycles. The lowest BCUT2D eigenvalue weighted by Crippen LogP contribution is -2.54. The second kappa shape index (κ2) is 10.5. The van der Waals surface area contributed by atoms with Gasteiger partial charge in [-0.15, -0.1) is 0 Å². The minimum atomic E-state index is -0.753. The molecule has 1 saturated heterocycles. The number of carbonyl (C=O) groups excluding carboxylic acids is 3. The molecule has 4 aliphatic carbocycles. The van der Waals surface area contributed by atoms with Crippen LogP contribution in [0, 0.1) is 17.8 Å². The van der Waals surface area contributed by atoms with Gasteiger partial charge in [0.2, 0.25) is 0 Å². The third-order valence-corrected chi connectivity index (χ3v) is 9.58. The average molecular weight is 606 g/mol. The first-order valence-electron chi connectivity index (χ1n) is 14.0. The van der Waals surface area contributed by atoms with Gasteiger partial charge in [0.15, 0.2) is 11.5 Å². The van der Waals surface area contributed by atoms with Gasteiger partial charge in [-0.25, -0.2) is 9.69 Å². The smallest absolute Gasteiger partial charge is 0.335 e. The number of rotatable bonds is 8. The Kier molecular flexibility index (Phi) is 7.07. The number of urea groups is 1. The van der Waals surface area contributed by atoms with Crippen LogP contribution in [0.15, 0.2) is 59.1 Å². The Hall–Kier alpha value is -3.39. The first-order valence-corrected chi connectivity index (χ1v) is 14.8. The van der Waals surface area contributed by atoms with E-state index in [9.17, 15) is 14.4 Å². The zero-order valence-corrected chi connectivity index (χ0v) is 24.2. The number of hydrogen-bond donors (Lipinski definition) is 1. The van der Waals surface area contributed by atoms with E-state index in [1.165, 1.54) is 50.2 Å². The number of imide groups is 2. The highest BCUT2D eigenvalue weighted by Crippen LogP contribution is 2.60. The first kappa shape index (κ1) is 26.8. The predicted molar refractivity (Wildman–Crippen MR) is 156 cm³/mol. The number of barbiturate groups is 1. The molecule has 0 spiro atoms. The summed E-state index contributed by atoms with van der Waals surface area (Å²) in [6.45, 7) is 6.23. The van der Waals surface area contributed by atoms with Gasteiger partial charge in [0.05, 0.1) is 12.3 Å². The molecule has 40 heavy (non-hydrogen) atoms. The summed E-state index contributed by atoms with van der Waals surface area (Å²) in [5.41, 5.74) is 2.36. The zero-order valence-electron chi connectivity index (χ0n) is 22.6. The number of nitrogens with zero attached hydrogens (tertiary/aromatic N) is 1. The van der Waals surface area contributed by atoms with E-state index in [0.29, 0.717) is 40.4 Å². The minimum Gasteiger partial charge on any atom is -0.490 e. The molecular weight excluding hydrogens is 572 g/mol. The Morgan fingerprint density at radius 3 is 2.23 bits per heavy atom. The maximum absolute atomic E-state index is 13.6. The van der Waals surface area contributed by atoms with Crippen molar-refractivity contribution in [2.24, 2.45) is 17.8 Å². The molecule has 7 nitrogen and oxygen atoms in total. The van der Waals surface area contributed by atoms with E-state index in [1.807, 2.05) is 19.1 Å². The molecule has 8 heteroatoms. The lowest BCUT2D eigenvalue weighted by atomic mass is 9.48. The van der Waals surface area contributed by atoms with Crippen molar-refractivity contribution in [1.29, 1.82) is 0 Å². The summed E-state index contributed by atoms with van der Waals surface area (Å²) in [7, 11) is 0. The van der Waals surface area contributed by atoms with Gasteiger partial charge in [-0.3, -0.25) is 14.9 Å². The summed E-state index contributed by atoms with van der Waals surface area (Å²) >= 11 is 3.51. The lowest BCUT2D eigenvalue weighted by Gasteiger charge is -2.57. The van der Waals surface area contributed by atoms with Crippen LogP contribution < -0.4 is 19.7 Å². The van der Waals surface area contributed by atoms with Gasteiger partial charge in [-0.2, -0.15) is 0 Å². The fourth-order valence-corrected chi connectivity index (χ4v) is 8.10. The molecule has 1 N–H and O–H groups in total. The summed E-state index contributed by atoms with van der Waals surface area (Å²) < 4.78 is 12.0. The van der Waals surface area contributed by atoms with Crippen LogP contribution in [0.1, 0.15) is 56.6 Å². The Balaban J connectivity index is 1.29. The van der Waals surface area contributed by atoms with Crippen LogP contribution in [0.5, 0.6) is 11.5 Å². The van der Waals surface area contributed by atoms with Crippen LogP contribution in [0.2, 0.25) is 0 Å². The topological polar surface area (TPSA) is 84.9 Å². The van der Waals surface area contributed by atoms with Crippen molar-refractivity contribution >= 4 is 45.5 Å². The van der Waals surface area contributed by atoms with Gasteiger partial charge in [0.1, 0.15) is 12.2 Å². The molecule has 5 aliphatic rings. The molecular formula is C32H33BrN2O5. The molecule has 1 aliphatic heterocycles. The van der Waals surface area contributed by atoms with Gasteiger partial charge in [0, 0.05) is 4.47 Å². The van der Waals surface area contributed by atoms with Crippen molar-refractivity contribution in [3.63, 3.8) is 0 Å². The van der Waals surface area contributed by atoms with Crippen LogP contribution in [-0.2, 0) is 15.0 Å². The molecule has 0 aromatic heterocycles. The number of anilines is 1. The van der Waals surface area contributed by atoms with Crippen molar-refractivity contribution in [1.82, 2.24) is 5.32 Å². The molecule has 5 fully saturated rings. The zero-order chi connectivity index (χ0) is 28.0. The number of amides is 4. The van der Waals surface area contributed by atoms with Gasteiger partial charge in [0.25, 0.3) is 11.8 Å². The van der Waals surface area contributed by atoms with Crippen LogP contribution in [0.3, 0.4) is 0 Å². The molecule has 2 aromatic rings. The van der Waals surface area contributed by atoms with Crippen LogP contribution in [-0.4, -0.2) is 31.1 Å². The summed E-state index contributed by atoms with van der Waals surface area (Å²) in [6.07, 6.45) is 10.9. The number of nitrogens with one attached hydrogen (secondary N) is 1. The Morgan fingerprint density at radius 1 is 1.00 bits per heavy atom. The molecule has 7 rings (SSSR count). The number of halogens is 1. The van der Waals surface area contributed by atoms with E-state index in [0.717, 1.165) is 22.7 Å². The summed E-state index contributed by atoms with van der Waals surface area (Å²) in [6, 6.07) is 10.5. The molecule has 4 amide bonds. The SMILES string of the molecule is C=CCOc1cc(Br)c(/C=C2\C(=O)NC(=O)N(c3ccc(C45CC6CC(CC(C6)C4)C5)cc3)C2=O)cc1OCC. The van der Waals surface area contributed by atoms with E-state index in [1.54, 1.807) is 18.2 Å². The highest BCUT2D eigenvalue weighted by Gasteiger charge is 2.51. The minimum absolute atomic E-state index is 0.146. The Bertz CT molecular complexity index is 1380. The van der Waals surface area contributed by atoms with Crippen molar-refractivity contribution in [3.8, 4) is 11.5 Å². The molecule has 2 aromatic carbocycles. The second-order valence-electron chi connectivity index (χ2n) is 11.6. The molecule has 4 saturated carbocycles. The fourth-order valence-electron chi connectivity index (χ4n) is 7.67. The predicted octanol–water partition coefficient (Wildman–Crippen LogP) is 6.55. The van der Waals surface area contributed by atoms with E-state index >= 15 is 0 Å². The van der Waals surface area contributed by atoms with Crippen LogP contribution in [0.4, 0.5) is 10.5 Å². The van der Waals surface area contributed by atoms with Crippen LogP contribution >= 0.6 is 15.9 Å². The molecule has 4 bridgehead atoms. The van der Waals surface area contributed by atoms with Crippen molar-refractivity contribution in [3.05, 3.63) is 70.2 Å². The maximum Gasteiger partial charge on any atom is 0.335 e. The molecule has 0 unspecified atom stereocenters. The van der Waals surface area contributed by atoms with Gasteiger partial charge >= 0.3 is 6.03 Å². The van der Waals surface area contributed by atoms with Crippen molar-refractivity contribution in [2.75, 3.05) is 18.1 Å². The van der Waals surface area contributed by atoms with Crippen molar-refractivity contribution < 1.29 is 23.9 Å². The van der Waals surface area contributed by atoms with Crippen molar-refractivity contribution in [2.45, 2.75) is 50.9 Å². The average Bonchev–Trinajstić information content (AvgIpc) is 2.91. The van der Waals surface area contributed by atoms with E-state index in [-0.39, 0.29) is 11.0 Å². The molecule has 208 valence electrons. The second-order valence-corrected chi connectivity index (χ2v) is 12.4. The molecule has 0 atom stereocenters.